The van der Waals surface area contributed by atoms with Crippen molar-refractivity contribution in [3.8, 4) is 6.07 Å². The third kappa shape index (κ3) is 4.12. The molecule has 2 heterocycles. The van der Waals surface area contributed by atoms with E-state index in [1.165, 1.54) is 11.8 Å². The zero-order chi connectivity index (χ0) is 19.6. The van der Waals surface area contributed by atoms with E-state index in [0.717, 1.165) is 24.5 Å². The van der Waals surface area contributed by atoms with Crippen molar-refractivity contribution in [1.29, 1.82) is 5.26 Å². The van der Waals surface area contributed by atoms with Gasteiger partial charge in [-0.1, -0.05) is 11.8 Å². The summed E-state index contributed by atoms with van der Waals surface area (Å²) < 4.78 is 24.2. The number of benzene rings is 1. The van der Waals surface area contributed by atoms with Gasteiger partial charge in [-0.15, -0.1) is 0 Å². The lowest BCUT2D eigenvalue weighted by Gasteiger charge is -2.26. The van der Waals surface area contributed by atoms with Crippen molar-refractivity contribution in [2.24, 2.45) is 4.99 Å². The molecule has 9 heteroatoms. The summed E-state index contributed by atoms with van der Waals surface area (Å²) in [6.07, 6.45) is -0.285. The molecule has 27 heavy (non-hydrogen) atoms. The largest absolute Gasteiger partial charge is 0.372 e. The summed E-state index contributed by atoms with van der Waals surface area (Å²) in [6.45, 7) is 5.98. The number of carbonyl (C=O) groups excluding carboxylic acids is 1. The van der Waals surface area contributed by atoms with Gasteiger partial charge in [0, 0.05) is 29.7 Å². The number of carbonyl (C=O) groups is 1. The molecule has 144 valence electrons. The quantitative estimate of drug-likeness (QED) is 0.739. The first-order chi connectivity index (χ1) is 12.9. The van der Waals surface area contributed by atoms with Crippen LogP contribution in [0, 0.1) is 11.3 Å². The summed E-state index contributed by atoms with van der Waals surface area (Å²) >= 11 is 1.32. The molecule has 2 fully saturated rings. The lowest BCUT2D eigenvalue weighted by atomic mass is 10.2. The molecule has 0 N–H and O–H groups in total. The first kappa shape index (κ1) is 19.7. The minimum atomic E-state index is -3.10. The highest BCUT2D eigenvalue weighted by Crippen LogP contribution is 2.41. The Bertz CT molecular complexity index is 886. The Kier molecular flexibility index (Phi) is 5.77. The predicted molar refractivity (Wildman–Crippen MR) is 109 cm³/mol. The smallest absolute Gasteiger partial charge is 0.262 e. The fourth-order valence-electron chi connectivity index (χ4n) is 3.49. The second-order valence-electron chi connectivity index (χ2n) is 6.48. The molecule has 0 saturated carbocycles. The number of aliphatic imine (C=N–C) groups is 1. The third-order valence-electron chi connectivity index (χ3n) is 4.77. The number of hydrogen-bond donors (Lipinski definition) is 0. The summed E-state index contributed by atoms with van der Waals surface area (Å²) in [5.74, 6) is -0.372. The molecule has 3 rings (SSSR count). The van der Waals surface area contributed by atoms with Crippen LogP contribution in [-0.4, -0.2) is 55.4 Å². The first-order valence-electron chi connectivity index (χ1n) is 8.88. The zero-order valence-corrected chi connectivity index (χ0v) is 17.0. The fourth-order valence-corrected chi connectivity index (χ4v) is 7.42. The van der Waals surface area contributed by atoms with Crippen molar-refractivity contribution < 1.29 is 13.2 Å². The van der Waals surface area contributed by atoms with Gasteiger partial charge in [-0.2, -0.15) is 10.3 Å². The Hall–Kier alpha value is -2.05. The summed E-state index contributed by atoms with van der Waals surface area (Å²) in [5.41, 5.74) is 1.90. The maximum Gasteiger partial charge on any atom is 0.262 e. The average Bonchev–Trinajstić information content (AvgIpc) is 3.07. The number of thioether (sulfide) groups is 1. The number of nitrogens with zero attached hydrogens (tertiary/aromatic N) is 4. The third-order valence-corrected chi connectivity index (χ3v) is 7.98. The van der Waals surface area contributed by atoms with E-state index in [1.807, 2.05) is 29.2 Å². The van der Waals surface area contributed by atoms with Crippen LogP contribution in [0.1, 0.15) is 20.3 Å². The maximum absolute atomic E-state index is 12.1. The highest BCUT2D eigenvalue weighted by Gasteiger charge is 2.49. The van der Waals surface area contributed by atoms with E-state index >= 15 is 0 Å². The molecule has 2 saturated heterocycles. The molecule has 2 aliphatic heterocycles. The fraction of sp³-hybridized carbons (Fsp3) is 0.500. The molecular formula is C18H22N4O3S2. The number of rotatable bonds is 5. The molecule has 0 aromatic heterocycles. The lowest BCUT2D eigenvalue weighted by Crippen LogP contribution is -2.37. The van der Waals surface area contributed by atoms with Gasteiger partial charge in [0.25, 0.3) is 5.91 Å². The van der Waals surface area contributed by atoms with E-state index in [1.54, 1.807) is 6.07 Å². The predicted octanol–water partition coefficient (Wildman–Crippen LogP) is 2.05. The first-order valence-corrected chi connectivity index (χ1v) is 11.6. The van der Waals surface area contributed by atoms with E-state index in [9.17, 15) is 13.2 Å². The number of nitriles is 1. The minimum absolute atomic E-state index is 0.0495. The van der Waals surface area contributed by atoms with Crippen molar-refractivity contribution in [3.63, 3.8) is 0 Å². The average molecular weight is 407 g/mol. The van der Waals surface area contributed by atoms with E-state index < -0.39 is 15.7 Å². The lowest BCUT2D eigenvalue weighted by molar-refractivity contribution is -0.116. The van der Waals surface area contributed by atoms with Crippen LogP contribution in [0.15, 0.2) is 29.3 Å². The van der Waals surface area contributed by atoms with Crippen LogP contribution in [0.3, 0.4) is 0 Å². The molecule has 0 spiro atoms. The van der Waals surface area contributed by atoms with Gasteiger partial charge in [-0.3, -0.25) is 4.79 Å². The number of hydrogen-bond acceptors (Lipinski definition) is 6. The van der Waals surface area contributed by atoms with Crippen LogP contribution in [0.4, 0.5) is 11.4 Å². The molecule has 0 radical (unpaired) electrons. The Morgan fingerprint density at radius 2 is 1.96 bits per heavy atom. The van der Waals surface area contributed by atoms with Crippen LogP contribution in [0.5, 0.6) is 0 Å². The van der Waals surface area contributed by atoms with Gasteiger partial charge in [0.05, 0.1) is 23.6 Å². The van der Waals surface area contributed by atoms with Gasteiger partial charge in [-0.05, 0) is 38.1 Å². The molecule has 1 aromatic carbocycles. The van der Waals surface area contributed by atoms with Crippen LogP contribution >= 0.6 is 11.8 Å². The van der Waals surface area contributed by atoms with Crippen molar-refractivity contribution in [2.75, 3.05) is 34.4 Å². The van der Waals surface area contributed by atoms with Crippen molar-refractivity contribution >= 4 is 44.0 Å². The minimum Gasteiger partial charge on any atom is -0.372 e. The zero-order valence-electron chi connectivity index (χ0n) is 15.3. The van der Waals surface area contributed by atoms with Gasteiger partial charge in [0.1, 0.15) is 6.42 Å². The van der Waals surface area contributed by atoms with Crippen molar-refractivity contribution in [2.45, 2.75) is 31.6 Å². The van der Waals surface area contributed by atoms with Gasteiger partial charge < -0.3 is 9.80 Å². The maximum atomic E-state index is 12.1. The van der Waals surface area contributed by atoms with Crippen LogP contribution < -0.4 is 9.80 Å². The number of amides is 1. The van der Waals surface area contributed by atoms with Crippen LogP contribution in [0.2, 0.25) is 0 Å². The van der Waals surface area contributed by atoms with Crippen LogP contribution in [0.25, 0.3) is 0 Å². The second kappa shape index (κ2) is 7.90. The molecule has 2 atom stereocenters. The molecule has 1 amide bonds. The molecule has 2 aliphatic rings. The standard InChI is InChI=1S/C18H22N4O3S2/c1-3-21(4-2)13-5-7-14(8-6-13)22-15-11-27(24,25)12-16(15)26-18(22)20-17(23)9-10-19/h5-8,15-16H,3-4,9,11-12H2,1-2H3/t15-,16-/m0/s1. The van der Waals surface area contributed by atoms with Gasteiger partial charge in [0.15, 0.2) is 15.0 Å². The summed E-state index contributed by atoms with van der Waals surface area (Å²) in [7, 11) is -3.10. The highest BCUT2D eigenvalue weighted by molar-refractivity contribution is 8.16. The van der Waals surface area contributed by atoms with Crippen molar-refractivity contribution in [3.05, 3.63) is 24.3 Å². The Balaban J connectivity index is 1.95. The Labute approximate surface area is 164 Å². The van der Waals surface area contributed by atoms with E-state index in [-0.39, 0.29) is 29.2 Å². The molecular weight excluding hydrogens is 384 g/mol. The Morgan fingerprint density at radius 3 is 2.56 bits per heavy atom. The van der Waals surface area contributed by atoms with Crippen molar-refractivity contribution in [1.82, 2.24) is 0 Å². The number of fused-ring (bicyclic) bond motifs is 1. The van der Waals surface area contributed by atoms with Gasteiger partial charge in [0.2, 0.25) is 0 Å². The number of sulfone groups is 1. The second-order valence-corrected chi connectivity index (χ2v) is 9.84. The normalized spacial score (nSPS) is 24.6. The molecule has 0 aliphatic carbocycles. The number of anilines is 2. The van der Waals surface area contributed by atoms with Gasteiger partial charge >= 0.3 is 0 Å². The molecule has 0 bridgehead atoms. The summed E-state index contributed by atoms with van der Waals surface area (Å²) in [4.78, 5) is 20.0. The van der Waals surface area contributed by atoms with Crippen LogP contribution in [-0.2, 0) is 14.6 Å². The molecule has 0 unspecified atom stereocenters. The van der Waals surface area contributed by atoms with E-state index in [2.05, 4.69) is 23.7 Å². The van der Waals surface area contributed by atoms with Gasteiger partial charge in [-0.25, -0.2) is 8.42 Å². The van der Waals surface area contributed by atoms with E-state index in [0.29, 0.717) is 5.17 Å². The van der Waals surface area contributed by atoms with E-state index in [4.69, 9.17) is 5.26 Å². The number of amidine groups is 1. The summed E-state index contributed by atoms with van der Waals surface area (Å²) in [6, 6.07) is 9.43. The summed E-state index contributed by atoms with van der Waals surface area (Å²) in [5, 5.41) is 9.04. The molecule has 1 aromatic rings. The highest BCUT2D eigenvalue weighted by atomic mass is 32.2. The Morgan fingerprint density at radius 1 is 1.30 bits per heavy atom. The molecule has 7 nitrogen and oxygen atoms in total. The SMILES string of the molecule is CCN(CC)c1ccc(N2C(=NC(=O)CC#N)S[C@H]3CS(=O)(=O)C[C@@H]32)cc1. The topological polar surface area (TPSA) is 93.8 Å². The monoisotopic (exact) mass is 406 g/mol.